The van der Waals surface area contributed by atoms with Crippen molar-refractivity contribution in [3.05, 3.63) is 65.7 Å². The molecule has 126 valence electrons. The molecule has 0 aliphatic carbocycles. The van der Waals surface area contributed by atoms with Gasteiger partial charge in [0.25, 0.3) is 0 Å². The van der Waals surface area contributed by atoms with E-state index >= 15 is 0 Å². The van der Waals surface area contributed by atoms with Crippen molar-refractivity contribution in [2.45, 2.75) is 30.3 Å². The number of hydrogen-bond acceptors (Lipinski definition) is 4. The summed E-state index contributed by atoms with van der Waals surface area (Å²) in [6, 6.07) is 9.54. The Hall–Kier alpha value is -1.91. The lowest BCUT2D eigenvalue weighted by Gasteiger charge is -2.45. The molecule has 2 atom stereocenters. The van der Waals surface area contributed by atoms with E-state index in [-0.39, 0.29) is 0 Å². The topological polar surface area (TPSA) is 45.6 Å². The van der Waals surface area contributed by atoms with Gasteiger partial charge in [-0.05, 0) is 43.0 Å². The molecule has 0 saturated heterocycles. The van der Waals surface area contributed by atoms with Gasteiger partial charge >= 0.3 is 0 Å². The third-order valence-electron chi connectivity index (χ3n) is 4.03. The molecule has 0 radical (unpaired) electrons. The van der Waals surface area contributed by atoms with Crippen LogP contribution in [0.5, 0.6) is 5.75 Å². The molecule has 0 amide bonds. The van der Waals surface area contributed by atoms with Gasteiger partial charge in [0.1, 0.15) is 22.2 Å². The Morgan fingerprint density at radius 2 is 2.04 bits per heavy atom. The fraction of sp³-hybridized carbons (Fsp3) is 0.278. The van der Waals surface area contributed by atoms with E-state index in [0.717, 1.165) is 6.42 Å². The predicted molar refractivity (Wildman–Crippen MR) is 99.2 cm³/mol. The molecular weight excluding hydrogens is 345 g/mol. The summed E-state index contributed by atoms with van der Waals surface area (Å²) in [7, 11) is 0. The van der Waals surface area contributed by atoms with E-state index in [2.05, 4.69) is 22.5 Å². The minimum absolute atomic E-state index is 0.494. The van der Waals surface area contributed by atoms with Gasteiger partial charge in [-0.1, -0.05) is 54.7 Å². The SMILES string of the molecule is CCCC1(C2(Cl)NC=CC=C2Oc2ccccc2)C=C(Cl)NC=N1. The maximum atomic E-state index is 7.07. The van der Waals surface area contributed by atoms with Crippen LogP contribution in [0, 0.1) is 0 Å². The highest BCUT2D eigenvalue weighted by atomic mass is 35.5. The summed E-state index contributed by atoms with van der Waals surface area (Å²) in [5.41, 5.74) is -0.767. The molecule has 0 spiro atoms. The molecule has 0 bridgehead atoms. The first kappa shape index (κ1) is 16.9. The number of aliphatic imine (C=N–C) groups is 1. The first-order chi connectivity index (χ1) is 11.6. The van der Waals surface area contributed by atoms with Gasteiger partial charge in [0.2, 0.25) is 0 Å². The van der Waals surface area contributed by atoms with Crippen molar-refractivity contribution in [2.75, 3.05) is 0 Å². The van der Waals surface area contributed by atoms with Crippen LogP contribution in [0.25, 0.3) is 0 Å². The van der Waals surface area contributed by atoms with Crippen molar-refractivity contribution >= 4 is 29.5 Å². The second-order valence-electron chi connectivity index (χ2n) is 5.68. The van der Waals surface area contributed by atoms with Crippen LogP contribution in [0.2, 0.25) is 0 Å². The zero-order valence-electron chi connectivity index (χ0n) is 13.3. The number of nitrogens with zero attached hydrogens (tertiary/aromatic N) is 1. The van der Waals surface area contributed by atoms with E-state index in [1.54, 1.807) is 12.5 Å². The lowest BCUT2D eigenvalue weighted by molar-refractivity contribution is 0.260. The molecule has 1 aromatic rings. The molecule has 2 aliphatic rings. The fourth-order valence-corrected chi connectivity index (χ4v) is 3.51. The smallest absolute Gasteiger partial charge is 0.199 e. The second kappa shape index (κ2) is 6.91. The van der Waals surface area contributed by atoms with E-state index < -0.39 is 10.5 Å². The van der Waals surface area contributed by atoms with Gasteiger partial charge in [-0.15, -0.1) is 0 Å². The summed E-state index contributed by atoms with van der Waals surface area (Å²) in [6.07, 6.45) is 10.5. The highest BCUT2D eigenvalue weighted by Crippen LogP contribution is 2.44. The third kappa shape index (κ3) is 3.04. The number of nitrogens with one attached hydrogen (secondary N) is 2. The molecule has 6 heteroatoms. The highest BCUT2D eigenvalue weighted by Gasteiger charge is 2.54. The Morgan fingerprint density at radius 1 is 1.25 bits per heavy atom. The minimum atomic E-state index is -1.08. The molecule has 1 aromatic carbocycles. The van der Waals surface area contributed by atoms with Crippen LogP contribution in [0.15, 0.2) is 70.7 Å². The minimum Gasteiger partial charge on any atom is -0.458 e. The van der Waals surface area contributed by atoms with Crippen molar-refractivity contribution in [3.8, 4) is 5.75 Å². The Labute approximate surface area is 151 Å². The van der Waals surface area contributed by atoms with E-state index in [4.69, 9.17) is 27.9 Å². The van der Waals surface area contributed by atoms with E-state index in [0.29, 0.717) is 23.1 Å². The fourth-order valence-electron chi connectivity index (χ4n) is 2.92. The summed E-state index contributed by atoms with van der Waals surface area (Å²) in [5, 5.41) is 6.61. The van der Waals surface area contributed by atoms with Gasteiger partial charge in [0, 0.05) is 0 Å². The number of ether oxygens (including phenoxy) is 1. The van der Waals surface area contributed by atoms with Gasteiger partial charge in [-0.3, -0.25) is 4.99 Å². The normalized spacial score (nSPS) is 28.5. The summed E-state index contributed by atoms with van der Waals surface area (Å²) in [4.78, 5) is 3.57. The molecule has 4 nitrogen and oxygen atoms in total. The zero-order chi connectivity index (χ0) is 17.0. The summed E-state index contributed by atoms with van der Waals surface area (Å²) >= 11 is 13.3. The average Bonchev–Trinajstić information content (AvgIpc) is 2.58. The Balaban J connectivity index is 2.02. The number of dihydropyridines is 1. The summed E-state index contributed by atoms with van der Waals surface area (Å²) < 4.78 is 6.08. The Bertz CT molecular complexity index is 714. The van der Waals surface area contributed by atoms with Gasteiger partial charge in [0.05, 0.1) is 6.34 Å². The average molecular weight is 364 g/mol. The monoisotopic (exact) mass is 363 g/mol. The molecular formula is C18H19Cl2N3O. The van der Waals surface area contributed by atoms with E-state index in [1.807, 2.05) is 48.6 Å². The third-order valence-corrected chi connectivity index (χ3v) is 4.87. The van der Waals surface area contributed by atoms with Crippen molar-refractivity contribution < 1.29 is 4.74 Å². The van der Waals surface area contributed by atoms with Crippen LogP contribution in [-0.4, -0.2) is 16.9 Å². The second-order valence-corrected chi connectivity index (χ2v) is 6.65. The molecule has 0 fully saturated rings. The molecule has 0 saturated carbocycles. The van der Waals surface area contributed by atoms with Crippen LogP contribution in [0.4, 0.5) is 0 Å². The lowest BCUT2D eigenvalue weighted by atomic mass is 9.82. The number of para-hydroxylation sites is 1. The molecule has 3 rings (SSSR count). The van der Waals surface area contributed by atoms with Gasteiger partial charge in [-0.25, -0.2) is 0 Å². The zero-order valence-corrected chi connectivity index (χ0v) is 14.8. The molecule has 2 unspecified atom stereocenters. The number of rotatable bonds is 5. The highest BCUT2D eigenvalue weighted by molar-refractivity contribution is 6.31. The molecule has 0 aromatic heterocycles. The summed E-state index contributed by atoms with van der Waals surface area (Å²) in [5.74, 6) is 1.29. The van der Waals surface area contributed by atoms with Crippen LogP contribution in [0.3, 0.4) is 0 Å². The van der Waals surface area contributed by atoms with Crippen LogP contribution >= 0.6 is 23.2 Å². The maximum absolute atomic E-state index is 7.07. The molecule has 24 heavy (non-hydrogen) atoms. The first-order valence-electron chi connectivity index (χ1n) is 7.85. The van der Waals surface area contributed by atoms with Crippen molar-refractivity contribution in [1.82, 2.24) is 10.6 Å². The quantitative estimate of drug-likeness (QED) is 0.607. The number of benzene rings is 1. The number of alkyl halides is 1. The largest absolute Gasteiger partial charge is 0.458 e. The number of halogens is 2. The Kier molecular flexibility index (Phi) is 4.88. The van der Waals surface area contributed by atoms with E-state index in [1.165, 1.54) is 0 Å². The van der Waals surface area contributed by atoms with Crippen molar-refractivity contribution in [3.63, 3.8) is 0 Å². The molecule has 2 aliphatic heterocycles. The van der Waals surface area contributed by atoms with Gasteiger partial charge in [-0.2, -0.15) is 0 Å². The van der Waals surface area contributed by atoms with Gasteiger partial charge < -0.3 is 15.4 Å². The standard InChI is InChI=1S/C18H19Cl2N3O/c1-2-10-17(12-16(19)21-13-23-17)18(20)15(9-6-11-22-18)24-14-7-4-3-5-8-14/h3-9,11-13,22H,2,10H2,1H3,(H,21,23). The number of allylic oxidation sites excluding steroid dienone is 2. The van der Waals surface area contributed by atoms with Crippen molar-refractivity contribution in [1.29, 1.82) is 0 Å². The maximum Gasteiger partial charge on any atom is 0.199 e. The van der Waals surface area contributed by atoms with Gasteiger partial charge in [0.15, 0.2) is 5.00 Å². The summed E-state index contributed by atoms with van der Waals surface area (Å²) in [6.45, 7) is 2.08. The first-order valence-corrected chi connectivity index (χ1v) is 8.61. The lowest BCUT2D eigenvalue weighted by Crippen LogP contribution is -2.59. The number of hydrogen-bond donors (Lipinski definition) is 2. The Morgan fingerprint density at radius 3 is 2.75 bits per heavy atom. The van der Waals surface area contributed by atoms with Crippen LogP contribution in [-0.2, 0) is 0 Å². The molecule has 2 heterocycles. The molecule has 2 N–H and O–H groups in total. The van der Waals surface area contributed by atoms with Crippen molar-refractivity contribution in [2.24, 2.45) is 4.99 Å². The van der Waals surface area contributed by atoms with E-state index in [9.17, 15) is 0 Å². The predicted octanol–water partition coefficient (Wildman–Crippen LogP) is 4.25. The van der Waals surface area contributed by atoms with Crippen LogP contribution < -0.4 is 15.4 Å². The van der Waals surface area contributed by atoms with Crippen LogP contribution in [0.1, 0.15) is 19.8 Å².